The van der Waals surface area contributed by atoms with Gasteiger partial charge in [0.05, 0.1) is 6.20 Å². The van der Waals surface area contributed by atoms with Crippen molar-refractivity contribution in [1.29, 1.82) is 0 Å². The van der Waals surface area contributed by atoms with E-state index >= 15 is 0 Å². The van der Waals surface area contributed by atoms with Gasteiger partial charge in [-0.15, -0.1) is 0 Å². The van der Waals surface area contributed by atoms with Crippen molar-refractivity contribution in [3.05, 3.63) is 53.3 Å². The van der Waals surface area contributed by atoms with Crippen LogP contribution in [0, 0.1) is 6.92 Å². The second-order valence-corrected chi connectivity index (χ2v) is 5.36. The van der Waals surface area contributed by atoms with Crippen molar-refractivity contribution in [2.45, 2.75) is 46.2 Å². The molecule has 0 aliphatic heterocycles. The molecular formula is C17H25N3. The minimum atomic E-state index is 0.469. The summed E-state index contributed by atoms with van der Waals surface area (Å²) in [4.78, 5) is 0. The van der Waals surface area contributed by atoms with E-state index in [1.165, 1.54) is 16.7 Å². The first-order valence-electron chi connectivity index (χ1n) is 7.51. The number of benzene rings is 1. The highest BCUT2D eigenvalue weighted by Gasteiger charge is 2.11. The monoisotopic (exact) mass is 271 g/mol. The van der Waals surface area contributed by atoms with Gasteiger partial charge in [0, 0.05) is 18.8 Å². The molecule has 0 bridgehead atoms. The lowest BCUT2D eigenvalue weighted by atomic mass is 9.99. The van der Waals surface area contributed by atoms with Gasteiger partial charge >= 0.3 is 0 Å². The predicted molar refractivity (Wildman–Crippen MR) is 84.0 cm³/mol. The van der Waals surface area contributed by atoms with Crippen molar-refractivity contribution in [2.24, 2.45) is 0 Å². The van der Waals surface area contributed by atoms with Crippen LogP contribution >= 0.6 is 0 Å². The molecule has 1 atom stereocenters. The van der Waals surface area contributed by atoms with Crippen molar-refractivity contribution in [2.75, 3.05) is 6.54 Å². The number of nitrogens with zero attached hydrogens (tertiary/aromatic N) is 2. The van der Waals surface area contributed by atoms with Gasteiger partial charge in [0.1, 0.15) is 0 Å². The fraction of sp³-hybridized carbons (Fsp3) is 0.471. The van der Waals surface area contributed by atoms with Crippen molar-refractivity contribution in [3.8, 4) is 0 Å². The van der Waals surface area contributed by atoms with Crippen LogP contribution in [0.15, 0.2) is 36.7 Å². The second-order valence-electron chi connectivity index (χ2n) is 5.36. The lowest BCUT2D eigenvalue weighted by molar-refractivity contribution is 0.521. The van der Waals surface area contributed by atoms with Crippen LogP contribution in [-0.2, 0) is 19.4 Å². The lowest BCUT2D eigenvalue weighted by Crippen LogP contribution is -2.33. The van der Waals surface area contributed by atoms with E-state index < -0.39 is 0 Å². The van der Waals surface area contributed by atoms with Gasteiger partial charge in [-0.2, -0.15) is 5.10 Å². The first-order chi connectivity index (χ1) is 9.71. The number of hydrogen-bond acceptors (Lipinski definition) is 2. The predicted octanol–water partition coefficient (Wildman–Crippen LogP) is 2.97. The average molecular weight is 271 g/mol. The first kappa shape index (κ1) is 14.8. The Morgan fingerprint density at radius 3 is 2.65 bits per heavy atom. The van der Waals surface area contributed by atoms with Gasteiger partial charge < -0.3 is 5.32 Å². The van der Waals surface area contributed by atoms with Gasteiger partial charge in [-0.05, 0) is 44.4 Å². The quantitative estimate of drug-likeness (QED) is 0.839. The number of likely N-dealkylation sites (N-methyl/N-ethyl adjacent to an activating group) is 1. The van der Waals surface area contributed by atoms with Crippen molar-refractivity contribution < 1.29 is 0 Å². The van der Waals surface area contributed by atoms with Crippen molar-refractivity contribution in [1.82, 2.24) is 15.1 Å². The SMILES string of the molecule is CCNC(Cc1cccc(C)c1)Cc1cnn(CC)c1. The molecule has 0 saturated carbocycles. The Hall–Kier alpha value is -1.61. The molecule has 0 aliphatic rings. The summed E-state index contributed by atoms with van der Waals surface area (Å²) in [6.07, 6.45) is 6.24. The maximum atomic E-state index is 4.36. The highest BCUT2D eigenvalue weighted by molar-refractivity contribution is 5.23. The summed E-state index contributed by atoms with van der Waals surface area (Å²) in [5, 5.41) is 7.95. The molecule has 0 fully saturated rings. The van der Waals surface area contributed by atoms with Crippen LogP contribution in [-0.4, -0.2) is 22.4 Å². The summed E-state index contributed by atoms with van der Waals surface area (Å²) >= 11 is 0. The largest absolute Gasteiger partial charge is 0.314 e. The molecule has 1 aromatic carbocycles. The van der Waals surface area contributed by atoms with Crippen LogP contribution in [0.2, 0.25) is 0 Å². The number of aryl methyl sites for hydroxylation is 2. The van der Waals surface area contributed by atoms with Gasteiger partial charge in [-0.3, -0.25) is 4.68 Å². The molecule has 2 aromatic rings. The molecule has 1 unspecified atom stereocenters. The van der Waals surface area contributed by atoms with Gasteiger partial charge in [-0.1, -0.05) is 36.8 Å². The number of nitrogens with one attached hydrogen (secondary N) is 1. The molecule has 1 N–H and O–H groups in total. The Balaban J connectivity index is 2.02. The highest BCUT2D eigenvalue weighted by Crippen LogP contribution is 2.11. The molecule has 0 amide bonds. The van der Waals surface area contributed by atoms with Crippen molar-refractivity contribution >= 4 is 0 Å². The summed E-state index contributed by atoms with van der Waals surface area (Å²) in [7, 11) is 0. The molecule has 3 heteroatoms. The topological polar surface area (TPSA) is 29.9 Å². The summed E-state index contributed by atoms with van der Waals surface area (Å²) in [6.45, 7) is 8.36. The Labute approximate surface area is 122 Å². The molecule has 3 nitrogen and oxygen atoms in total. The number of hydrogen-bond donors (Lipinski definition) is 1. The average Bonchev–Trinajstić information content (AvgIpc) is 2.87. The molecule has 0 aliphatic carbocycles. The molecular weight excluding hydrogens is 246 g/mol. The summed E-state index contributed by atoms with van der Waals surface area (Å²) < 4.78 is 1.99. The lowest BCUT2D eigenvalue weighted by Gasteiger charge is -2.17. The zero-order valence-electron chi connectivity index (χ0n) is 12.8. The number of aromatic nitrogens is 2. The van der Waals surface area contributed by atoms with Gasteiger partial charge in [-0.25, -0.2) is 0 Å². The third kappa shape index (κ3) is 4.20. The van der Waals surface area contributed by atoms with E-state index in [9.17, 15) is 0 Å². The zero-order valence-corrected chi connectivity index (χ0v) is 12.8. The highest BCUT2D eigenvalue weighted by atomic mass is 15.3. The van der Waals surface area contributed by atoms with E-state index in [4.69, 9.17) is 0 Å². The fourth-order valence-electron chi connectivity index (χ4n) is 2.60. The Kier molecular flexibility index (Phi) is 5.36. The van der Waals surface area contributed by atoms with Crippen LogP contribution in [0.4, 0.5) is 0 Å². The summed E-state index contributed by atoms with van der Waals surface area (Å²) in [5.74, 6) is 0. The van der Waals surface area contributed by atoms with Crippen LogP contribution in [0.25, 0.3) is 0 Å². The van der Waals surface area contributed by atoms with Crippen LogP contribution in [0.5, 0.6) is 0 Å². The Morgan fingerprint density at radius 2 is 2.00 bits per heavy atom. The Bertz CT molecular complexity index is 531. The maximum Gasteiger partial charge on any atom is 0.0522 e. The summed E-state index contributed by atoms with van der Waals surface area (Å²) in [6, 6.07) is 9.25. The number of rotatable bonds is 7. The van der Waals surface area contributed by atoms with Crippen LogP contribution in [0.3, 0.4) is 0 Å². The van der Waals surface area contributed by atoms with E-state index in [1.807, 2.05) is 10.9 Å². The standard InChI is InChI=1S/C17H25N3/c1-4-18-17(10-15-8-6-7-14(3)9-15)11-16-12-19-20(5-2)13-16/h6-9,12-13,17-18H,4-5,10-11H2,1-3H3. The van der Waals surface area contributed by atoms with E-state index in [0.717, 1.165) is 25.9 Å². The van der Waals surface area contributed by atoms with Gasteiger partial charge in [0.25, 0.3) is 0 Å². The van der Waals surface area contributed by atoms with Gasteiger partial charge in [0.15, 0.2) is 0 Å². The summed E-state index contributed by atoms with van der Waals surface area (Å²) in [5.41, 5.74) is 4.04. The molecule has 0 spiro atoms. The first-order valence-corrected chi connectivity index (χ1v) is 7.51. The van der Waals surface area contributed by atoms with Crippen LogP contribution in [0.1, 0.15) is 30.5 Å². The second kappa shape index (κ2) is 7.25. The molecule has 108 valence electrons. The molecule has 2 rings (SSSR count). The molecule has 0 saturated heterocycles. The fourth-order valence-corrected chi connectivity index (χ4v) is 2.60. The van der Waals surface area contributed by atoms with E-state index in [1.54, 1.807) is 0 Å². The third-order valence-electron chi connectivity index (χ3n) is 3.55. The van der Waals surface area contributed by atoms with Crippen LogP contribution < -0.4 is 5.32 Å². The third-order valence-corrected chi connectivity index (χ3v) is 3.55. The molecule has 1 aromatic heterocycles. The smallest absolute Gasteiger partial charge is 0.0522 e. The minimum Gasteiger partial charge on any atom is -0.314 e. The van der Waals surface area contributed by atoms with Crippen molar-refractivity contribution in [3.63, 3.8) is 0 Å². The normalized spacial score (nSPS) is 12.6. The Morgan fingerprint density at radius 1 is 1.20 bits per heavy atom. The minimum absolute atomic E-state index is 0.469. The van der Waals surface area contributed by atoms with E-state index in [0.29, 0.717) is 6.04 Å². The molecule has 20 heavy (non-hydrogen) atoms. The molecule has 1 heterocycles. The van der Waals surface area contributed by atoms with Gasteiger partial charge in [0.2, 0.25) is 0 Å². The zero-order chi connectivity index (χ0) is 14.4. The maximum absolute atomic E-state index is 4.36. The van der Waals surface area contributed by atoms with E-state index in [2.05, 4.69) is 61.6 Å². The van der Waals surface area contributed by atoms with E-state index in [-0.39, 0.29) is 0 Å². The molecule has 0 radical (unpaired) electrons.